The van der Waals surface area contributed by atoms with Gasteiger partial charge in [-0.3, -0.25) is 14.6 Å². The third-order valence-corrected chi connectivity index (χ3v) is 4.21. The van der Waals surface area contributed by atoms with Crippen LogP contribution in [0.5, 0.6) is 0 Å². The van der Waals surface area contributed by atoms with E-state index >= 15 is 0 Å². The van der Waals surface area contributed by atoms with Crippen LogP contribution in [-0.4, -0.2) is 30.9 Å². The first kappa shape index (κ1) is 19.4. The molecule has 3 aromatic rings. The van der Waals surface area contributed by atoms with Crippen molar-refractivity contribution < 1.29 is 9.59 Å². The molecule has 2 aromatic carbocycles. The Labute approximate surface area is 168 Å². The van der Waals surface area contributed by atoms with Crippen molar-refractivity contribution in [3.63, 3.8) is 0 Å². The summed E-state index contributed by atoms with van der Waals surface area (Å²) in [6.45, 7) is 0. The van der Waals surface area contributed by atoms with Crippen molar-refractivity contribution in [1.29, 1.82) is 0 Å². The molecule has 6 nitrogen and oxygen atoms in total. The number of carbonyl (C=O) groups excluding carboxylic acids is 2. The Hall–Kier alpha value is -3.38. The number of pyridine rings is 1. The smallest absolute Gasteiger partial charge is 0.274 e. The molecule has 0 bridgehead atoms. The lowest BCUT2D eigenvalue weighted by Crippen LogP contribution is -2.17. The van der Waals surface area contributed by atoms with Crippen molar-refractivity contribution in [2.75, 3.05) is 29.6 Å². The summed E-state index contributed by atoms with van der Waals surface area (Å²) in [6, 6.07) is 17.3. The number of carbonyl (C=O) groups is 2. The predicted octanol–water partition coefficient (Wildman–Crippen LogP) is 4.31. The molecule has 0 unspecified atom stereocenters. The van der Waals surface area contributed by atoms with Gasteiger partial charge in [0.05, 0.1) is 0 Å². The molecule has 3 rings (SSSR count). The maximum Gasteiger partial charge on any atom is 0.274 e. The molecule has 0 aliphatic rings. The lowest BCUT2D eigenvalue weighted by molar-refractivity contribution is 0.102. The molecular weight excluding hydrogens is 376 g/mol. The van der Waals surface area contributed by atoms with E-state index < -0.39 is 5.91 Å². The Balaban J connectivity index is 1.71. The number of benzene rings is 2. The van der Waals surface area contributed by atoms with Gasteiger partial charge < -0.3 is 15.5 Å². The molecule has 1 aromatic heterocycles. The molecule has 0 fully saturated rings. The summed E-state index contributed by atoms with van der Waals surface area (Å²) < 4.78 is 0. The summed E-state index contributed by atoms with van der Waals surface area (Å²) in [4.78, 5) is 30.9. The first-order valence-electron chi connectivity index (χ1n) is 8.54. The van der Waals surface area contributed by atoms with Gasteiger partial charge in [0, 0.05) is 47.9 Å². The number of hydrogen-bond acceptors (Lipinski definition) is 4. The van der Waals surface area contributed by atoms with E-state index in [1.54, 1.807) is 30.3 Å². The van der Waals surface area contributed by atoms with Crippen molar-refractivity contribution in [3.05, 3.63) is 83.1 Å². The Kier molecular flexibility index (Phi) is 5.91. The molecule has 28 heavy (non-hydrogen) atoms. The van der Waals surface area contributed by atoms with E-state index in [0.717, 1.165) is 5.69 Å². The molecule has 0 atom stereocenters. The van der Waals surface area contributed by atoms with Crippen LogP contribution in [0.25, 0.3) is 0 Å². The highest BCUT2D eigenvalue weighted by Crippen LogP contribution is 2.18. The van der Waals surface area contributed by atoms with Crippen molar-refractivity contribution in [1.82, 2.24) is 4.98 Å². The van der Waals surface area contributed by atoms with Crippen molar-refractivity contribution in [3.8, 4) is 0 Å². The van der Waals surface area contributed by atoms with Crippen LogP contribution in [0.4, 0.5) is 17.1 Å². The van der Waals surface area contributed by atoms with Crippen LogP contribution in [-0.2, 0) is 0 Å². The van der Waals surface area contributed by atoms with Crippen molar-refractivity contribution in [2.24, 2.45) is 0 Å². The molecule has 0 aliphatic heterocycles. The second-order valence-corrected chi connectivity index (χ2v) is 6.73. The molecule has 1 heterocycles. The molecule has 142 valence electrons. The van der Waals surface area contributed by atoms with Crippen LogP contribution in [0, 0.1) is 0 Å². The average molecular weight is 395 g/mol. The second kappa shape index (κ2) is 8.54. The number of amides is 2. The molecule has 2 amide bonds. The minimum absolute atomic E-state index is 0.135. The van der Waals surface area contributed by atoms with Crippen LogP contribution < -0.4 is 15.5 Å². The second-order valence-electron chi connectivity index (χ2n) is 6.29. The van der Waals surface area contributed by atoms with Crippen molar-refractivity contribution in [2.45, 2.75) is 0 Å². The lowest BCUT2D eigenvalue weighted by atomic mass is 10.2. The summed E-state index contributed by atoms with van der Waals surface area (Å²) in [5.74, 6) is -0.746. The number of halogens is 1. The average Bonchev–Trinajstić information content (AvgIpc) is 2.68. The molecule has 2 N–H and O–H groups in total. The summed E-state index contributed by atoms with van der Waals surface area (Å²) in [5, 5.41) is 6.04. The van der Waals surface area contributed by atoms with Gasteiger partial charge in [0.15, 0.2) is 0 Å². The van der Waals surface area contributed by atoms with E-state index in [-0.39, 0.29) is 11.6 Å². The highest BCUT2D eigenvalue weighted by molar-refractivity contribution is 6.31. The topological polar surface area (TPSA) is 74.3 Å². The number of aromatic nitrogens is 1. The van der Waals surface area contributed by atoms with E-state index in [0.29, 0.717) is 22.0 Å². The van der Waals surface area contributed by atoms with Gasteiger partial charge in [-0.25, -0.2) is 0 Å². The Morgan fingerprint density at radius 1 is 0.893 bits per heavy atom. The van der Waals surface area contributed by atoms with Gasteiger partial charge in [-0.2, -0.15) is 0 Å². The van der Waals surface area contributed by atoms with E-state index in [1.165, 1.54) is 12.3 Å². The largest absolute Gasteiger partial charge is 0.378 e. The van der Waals surface area contributed by atoms with Crippen LogP contribution in [0.3, 0.4) is 0 Å². The molecule has 0 spiro atoms. The zero-order chi connectivity index (χ0) is 20.1. The number of anilines is 3. The minimum atomic E-state index is -0.424. The third kappa shape index (κ3) is 4.86. The highest BCUT2D eigenvalue weighted by atomic mass is 35.5. The minimum Gasteiger partial charge on any atom is -0.378 e. The summed E-state index contributed by atoms with van der Waals surface area (Å²) in [7, 11) is 3.89. The maximum absolute atomic E-state index is 12.5. The van der Waals surface area contributed by atoms with E-state index in [1.807, 2.05) is 43.3 Å². The van der Waals surface area contributed by atoms with E-state index in [2.05, 4.69) is 15.6 Å². The fourth-order valence-electron chi connectivity index (χ4n) is 2.50. The number of nitrogens with zero attached hydrogens (tertiary/aromatic N) is 2. The van der Waals surface area contributed by atoms with Gasteiger partial charge in [-0.1, -0.05) is 17.7 Å². The molecule has 0 aliphatic carbocycles. The highest BCUT2D eigenvalue weighted by Gasteiger charge is 2.13. The number of hydrogen-bond donors (Lipinski definition) is 2. The van der Waals surface area contributed by atoms with Gasteiger partial charge in [0.25, 0.3) is 11.8 Å². The Morgan fingerprint density at radius 2 is 1.61 bits per heavy atom. The van der Waals surface area contributed by atoms with Gasteiger partial charge in [-0.05, 0) is 54.6 Å². The Morgan fingerprint density at radius 3 is 2.29 bits per heavy atom. The van der Waals surface area contributed by atoms with Crippen LogP contribution in [0.2, 0.25) is 5.02 Å². The first-order chi connectivity index (χ1) is 13.4. The normalized spacial score (nSPS) is 10.2. The molecule has 0 saturated carbocycles. The molecular formula is C21H19ClN4O2. The zero-order valence-corrected chi connectivity index (χ0v) is 16.2. The standard InChI is InChI=1S/C21H19ClN4O2/c1-26(2)18-8-6-16(7-9-18)24-20(27)14-10-11-23-19(12-14)21(28)25-17-5-3-4-15(22)13-17/h3-13H,1-2H3,(H,24,27)(H,25,28). The fraction of sp³-hybridized carbons (Fsp3) is 0.0952. The fourth-order valence-corrected chi connectivity index (χ4v) is 2.69. The first-order valence-corrected chi connectivity index (χ1v) is 8.92. The van der Waals surface area contributed by atoms with Gasteiger partial charge in [0.2, 0.25) is 0 Å². The molecule has 0 radical (unpaired) electrons. The predicted molar refractivity (Wildman–Crippen MR) is 112 cm³/mol. The van der Waals surface area contributed by atoms with Crippen LogP contribution in [0.15, 0.2) is 66.9 Å². The van der Waals surface area contributed by atoms with Crippen molar-refractivity contribution >= 4 is 40.5 Å². The quantitative estimate of drug-likeness (QED) is 0.676. The van der Waals surface area contributed by atoms with Crippen LogP contribution in [0.1, 0.15) is 20.8 Å². The third-order valence-electron chi connectivity index (χ3n) is 3.98. The maximum atomic E-state index is 12.5. The SMILES string of the molecule is CN(C)c1ccc(NC(=O)c2ccnc(C(=O)Nc3cccc(Cl)c3)c2)cc1. The van der Waals surface area contributed by atoms with Gasteiger partial charge in [-0.15, -0.1) is 0 Å². The molecule has 0 saturated heterocycles. The molecule has 7 heteroatoms. The zero-order valence-electron chi connectivity index (χ0n) is 15.4. The van der Waals surface area contributed by atoms with Crippen LogP contribution >= 0.6 is 11.6 Å². The summed E-state index contributed by atoms with van der Waals surface area (Å²) >= 11 is 5.92. The van der Waals surface area contributed by atoms with Gasteiger partial charge in [0.1, 0.15) is 5.69 Å². The lowest BCUT2D eigenvalue weighted by Gasteiger charge is -2.13. The monoisotopic (exact) mass is 394 g/mol. The van der Waals surface area contributed by atoms with E-state index in [9.17, 15) is 9.59 Å². The number of rotatable bonds is 5. The summed E-state index contributed by atoms with van der Waals surface area (Å²) in [6.07, 6.45) is 1.43. The van der Waals surface area contributed by atoms with E-state index in [4.69, 9.17) is 11.6 Å². The summed E-state index contributed by atoms with van der Waals surface area (Å²) in [5.41, 5.74) is 2.72. The van der Waals surface area contributed by atoms with Gasteiger partial charge >= 0.3 is 0 Å². The Bertz CT molecular complexity index is 1000. The number of nitrogens with one attached hydrogen (secondary N) is 2.